The molecule has 0 bridgehead atoms. The summed E-state index contributed by atoms with van der Waals surface area (Å²) in [6.07, 6.45) is 8.94. The van der Waals surface area contributed by atoms with Gasteiger partial charge in [0, 0.05) is 6.04 Å². The Kier molecular flexibility index (Phi) is 6.86. The van der Waals surface area contributed by atoms with Crippen molar-refractivity contribution in [2.45, 2.75) is 78.7 Å². The van der Waals surface area contributed by atoms with E-state index in [4.69, 9.17) is 5.26 Å². The van der Waals surface area contributed by atoms with Crippen LogP contribution in [0.25, 0.3) is 0 Å². The lowest BCUT2D eigenvalue weighted by Gasteiger charge is -2.35. The maximum Gasteiger partial charge on any atom is 0.0683 e. The number of hydrogen-bond acceptors (Lipinski definition) is 2. The molecule has 0 heterocycles. The lowest BCUT2D eigenvalue weighted by molar-refractivity contribution is 0.205. The van der Waals surface area contributed by atoms with E-state index >= 15 is 0 Å². The summed E-state index contributed by atoms with van der Waals surface area (Å²) >= 11 is 0. The van der Waals surface area contributed by atoms with Crippen LogP contribution in [0.4, 0.5) is 0 Å². The van der Waals surface area contributed by atoms with Gasteiger partial charge in [-0.2, -0.15) is 5.26 Å². The number of hydrogen-bond donors (Lipinski definition) is 1. The maximum atomic E-state index is 8.98. The molecule has 2 heteroatoms. The van der Waals surface area contributed by atoms with Gasteiger partial charge in [-0.25, -0.2) is 0 Å². The van der Waals surface area contributed by atoms with Gasteiger partial charge in [0.15, 0.2) is 0 Å². The average Bonchev–Trinajstić information content (AvgIpc) is 2.38. The van der Waals surface area contributed by atoms with E-state index < -0.39 is 0 Å². The monoisotopic (exact) mass is 264 g/mol. The molecule has 0 aliphatic heterocycles. The lowest BCUT2D eigenvalue weighted by atomic mass is 9.78. The molecule has 1 aliphatic carbocycles. The van der Waals surface area contributed by atoms with Gasteiger partial charge in [-0.1, -0.05) is 33.1 Å². The minimum absolute atomic E-state index is 0.148. The molecule has 1 fully saturated rings. The van der Waals surface area contributed by atoms with Gasteiger partial charge in [0.1, 0.15) is 0 Å². The topological polar surface area (TPSA) is 35.8 Å². The Morgan fingerprint density at radius 1 is 1.21 bits per heavy atom. The Morgan fingerprint density at radius 2 is 1.89 bits per heavy atom. The summed E-state index contributed by atoms with van der Waals surface area (Å²) in [4.78, 5) is 0. The molecule has 19 heavy (non-hydrogen) atoms. The summed E-state index contributed by atoms with van der Waals surface area (Å²) in [5.41, 5.74) is -0.148. The summed E-state index contributed by atoms with van der Waals surface area (Å²) in [7, 11) is 0. The van der Waals surface area contributed by atoms with Crippen molar-refractivity contribution in [2.24, 2.45) is 17.3 Å². The van der Waals surface area contributed by atoms with Gasteiger partial charge in [0.05, 0.1) is 11.5 Å². The van der Waals surface area contributed by atoms with Gasteiger partial charge in [0.2, 0.25) is 0 Å². The van der Waals surface area contributed by atoms with Crippen LogP contribution < -0.4 is 5.32 Å². The fourth-order valence-corrected chi connectivity index (χ4v) is 3.25. The van der Waals surface area contributed by atoms with Gasteiger partial charge >= 0.3 is 0 Å². The first-order valence-corrected chi connectivity index (χ1v) is 8.11. The summed E-state index contributed by atoms with van der Waals surface area (Å²) in [5, 5.41) is 12.8. The lowest BCUT2D eigenvalue weighted by Crippen LogP contribution is -2.41. The van der Waals surface area contributed by atoms with Crippen LogP contribution >= 0.6 is 0 Å². The highest BCUT2D eigenvalue weighted by molar-refractivity contribution is 4.91. The number of unbranched alkanes of at least 4 members (excludes halogenated alkanes) is 1. The van der Waals surface area contributed by atoms with Crippen LogP contribution in [-0.2, 0) is 0 Å². The first kappa shape index (κ1) is 16.5. The largest absolute Gasteiger partial charge is 0.314 e. The van der Waals surface area contributed by atoms with Crippen LogP contribution in [0.2, 0.25) is 0 Å². The van der Waals surface area contributed by atoms with Crippen molar-refractivity contribution >= 4 is 0 Å². The summed E-state index contributed by atoms with van der Waals surface area (Å²) in [5.74, 6) is 1.67. The van der Waals surface area contributed by atoms with Crippen molar-refractivity contribution in [2.75, 3.05) is 6.54 Å². The second-order valence-electron chi connectivity index (χ2n) is 7.21. The van der Waals surface area contributed by atoms with E-state index in [1.165, 1.54) is 32.1 Å². The van der Waals surface area contributed by atoms with E-state index in [2.05, 4.69) is 25.2 Å². The van der Waals surface area contributed by atoms with Crippen molar-refractivity contribution in [1.82, 2.24) is 5.32 Å². The molecule has 1 saturated carbocycles. The Bertz CT molecular complexity index is 288. The molecule has 1 aliphatic rings. The smallest absolute Gasteiger partial charge is 0.0683 e. The summed E-state index contributed by atoms with van der Waals surface area (Å²) in [6, 6.07) is 3.12. The summed E-state index contributed by atoms with van der Waals surface area (Å²) < 4.78 is 0. The van der Waals surface area contributed by atoms with Crippen molar-refractivity contribution in [3.05, 3.63) is 0 Å². The molecule has 1 rings (SSSR count). The summed E-state index contributed by atoms with van der Waals surface area (Å²) in [6.45, 7) is 9.92. The second-order valence-corrected chi connectivity index (χ2v) is 7.21. The molecular formula is C17H32N2. The molecule has 0 saturated heterocycles. The molecule has 0 aromatic carbocycles. The van der Waals surface area contributed by atoms with Gasteiger partial charge in [0.25, 0.3) is 0 Å². The third kappa shape index (κ3) is 5.95. The van der Waals surface area contributed by atoms with E-state index in [0.717, 1.165) is 37.3 Å². The third-order valence-electron chi connectivity index (χ3n) is 4.61. The van der Waals surface area contributed by atoms with Gasteiger partial charge in [-0.05, 0) is 57.9 Å². The van der Waals surface area contributed by atoms with Crippen molar-refractivity contribution in [1.29, 1.82) is 5.26 Å². The van der Waals surface area contributed by atoms with Crippen LogP contribution in [0.3, 0.4) is 0 Å². The number of nitriles is 1. The first-order chi connectivity index (χ1) is 8.96. The minimum atomic E-state index is -0.148. The fourth-order valence-electron chi connectivity index (χ4n) is 3.25. The molecule has 0 radical (unpaired) electrons. The third-order valence-corrected chi connectivity index (χ3v) is 4.61. The molecule has 110 valence electrons. The van der Waals surface area contributed by atoms with E-state index in [0.29, 0.717) is 0 Å². The SMILES string of the molecule is CC(C)C1CCCCC1NCCCCC(C)(C)C#N. The molecule has 0 aromatic heterocycles. The van der Waals surface area contributed by atoms with Crippen LogP contribution in [0.15, 0.2) is 0 Å². The highest BCUT2D eigenvalue weighted by Crippen LogP contribution is 2.30. The van der Waals surface area contributed by atoms with Crippen molar-refractivity contribution in [3.63, 3.8) is 0 Å². The molecule has 2 atom stereocenters. The fraction of sp³-hybridized carbons (Fsp3) is 0.941. The predicted octanol–water partition coefficient (Wildman–Crippen LogP) is 4.51. The van der Waals surface area contributed by atoms with E-state index in [1.807, 2.05) is 13.8 Å². The predicted molar refractivity (Wildman–Crippen MR) is 81.8 cm³/mol. The zero-order valence-corrected chi connectivity index (χ0v) is 13.3. The number of nitrogens with one attached hydrogen (secondary N) is 1. The first-order valence-electron chi connectivity index (χ1n) is 8.11. The molecule has 0 amide bonds. The number of rotatable bonds is 7. The molecule has 2 nitrogen and oxygen atoms in total. The molecule has 0 aromatic rings. The minimum Gasteiger partial charge on any atom is -0.314 e. The Balaban J connectivity index is 2.19. The molecular weight excluding hydrogens is 232 g/mol. The molecule has 2 unspecified atom stereocenters. The normalized spacial score (nSPS) is 24.4. The Labute approximate surface area is 120 Å². The van der Waals surface area contributed by atoms with Crippen LogP contribution in [0.5, 0.6) is 0 Å². The average molecular weight is 264 g/mol. The van der Waals surface area contributed by atoms with E-state index in [-0.39, 0.29) is 5.41 Å². The second kappa shape index (κ2) is 7.90. The highest BCUT2D eigenvalue weighted by Gasteiger charge is 2.26. The zero-order chi connectivity index (χ0) is 14.3. The highest BCUT2D eigenvalue weighted by atomic mass is 14.9. The van der Waals surface area contributed by atoms with Crippen molar-refractivity contribution in [3.8, 4) is 6.07 Å². The molecule has 1 N–H and O–H groups in total. The van der Waals surface area contributed by atoms with E-state index in [1.54, 1.807) is 0 Å². The Hall–Kier alpha value is -0.550. The van der Waals surface area contributed by atoms with Crippen LogP contribution in [0, 0.1) is 28.6 Å². The number of nitrogens with zero attached hydrogens (tertiary/aromatic N) is 1. The maximum absolute atomic E-state index is 8.98. The van der Waals surface area contributed by atoms with Gasteiger partial charge < -0.3 is 5.32 Å². The Morgan fingerprint density at radius 3 is 2.53 bits per heavy atom. The van der Waals surface area contributed by atoms with Crippen LogP contribution in [-0.4, -0.2) is 12.6 Å². The van der Waals surface area contributed by atoms with Gasteiger partial charge in [-0.3, -0.25) is 0 Å². The quantitative estimate of drug-likeness (QED) is 0.687. The van der Waals surface area contributed by atoms with Crippen LogP contribution in [0.1, 0.15) is 72.6 Å². The molecule has 0 spiro atoms. The van der Waals surface area contributed by atoms with Crippen molar-refractivity contribution < 1.29 is 0 Å². The van der Waals surface area contributed by atoms with Gasteiger partial charge in [-0.15, -0.1) is 0 Å². The van der Waals surface area contributed by atoms with E-state index in [9.17, 15) is 0 Å². The zero-order valence-electron chi connectivity index (χ0n) is 13.3. The standard InChI is InChI=1S/C17H32N2/c1-14(2)15-9-5-6-10-16(15)19-12-8-7-11-17(3,4)13-18/h14-16,19H,5-12H2,1-4H3.